The van der Waals surface area contributed by atoms with Gasteiger partial charge in [-0.2, -0.15) is 0 Å². The van der Waals surface area contributed by atoms with Gasteiger partial charge in [0.25, 0.3) is 5.91 Å². The Morgan fingerprint density at radius 3 is 2.79 bits per heavy atom. The molecule has 0 fully saturated rings. The molecule has 0 atom stereocenters. The van der Waals surface area contributed by atoms with E-state index >= 15 is 0 Å². The summed E-state index contributed by atoms with van der Waals surface area (Å²) in [5.41, 5.74) is 2.88. The molecule has 0 unspecified atom stereocenters. The molecule has 0 aliphatic rings. The number of carbonyl (C=O) groups is 1. The minimum Gasteiger partial charge on any atom is -0.321 e. The zero-order chi connectivity index (χ0) is 17.3. The largest absolute Gasteiger partial charge is 0.321 e. The molecule has 3 aromatic rings. The lowest BCUT2D eigenvalue weighted by Gasteiger charge is -2.10. The van der Waals surface area contributed by atoms with Gasteiger partial charge in [-0.1, -0.05) is 0 Å². The number of anilines is 1. The summed E-state index contributed by atoms with van der Waals surface area (Å²) in [7, 11) is 0. The molecule has 7 nitrogen and oxygen atoms in total. The number of hydrogen-bond acceptors (Lipinski definition) is 6. The third-order valence-electron chi connectivity index (χ3n) is 3.40. The molecular formula is C15H15FN6OS. The molecule has 1 N–H and O–H groups in total. The van der Waals surface area contributed by atoms with E-state index in [0.29, 0.717) is 22.1 Å². The Kier molecular flexibility index (Phi) is 4.34. The molecule has 0 saturated heterocycles. The maximum atomic E-state index is 14.5. The van der Waals surface area contributed by atoms with E-state index in [-0.39, 0.29) is 17.5 Å². The molecule has 0 radical (unpaired) electrons. The van der Waals surface area contributed by atoms with Gasteiger partial charge < -0.3 is 5.32 Å². The number of carbonyl (C=O) groups excluding carboxylic acids is 1. The van der Waals surface area contributed by atoms with Crippen LogP contribution < -0.4 is 5.32 Å². The average molecular weight is 346 g/mol. The molecule has 0 aliphatic carbocycles. The van der Waals surface area contributed by atoms with Gasteiger partial charge in [-0.15, -0.1) is 16.4 Å². The van der Waals surface area contributed by atoms with Gasteiger partial charge in [-0.25, -0.2) is 14.1 Å². The number of aryl methyl sites for hydroxylation is 1. The van der Waals surface area contributed by atoms with Gasteiger partial charge in [0, 0.05) is 5.69 Å². The van der Waals surface area contributed by atoms with Crippen molar-refractivity contribution in [3.63, 3.8) is 0 Å². The van der Waals surface area contributed by atoms with E-state index in [4.69, 9.17) is 0 Å². The van der Waals surface area contributed by atoms with Gasteiger partial charge in [-0.3, -0.25) is 4.79 Å². The summed E-state index contributed by atoms with van der Waals surface area (Å²) in [6.07, 6.45) is 0. The highest BCUT2D eigenvalue weighted by molar-refractivity contribution is 7.12. The van der Waals surface area contributed by atoms with Crippen molar-refractivity contribution in [3.05, 3.63) is 40.1 Å². The van der Waals surface area contributed by atoms with Crippen LogP contribution in [0.4, 0.5) is 10.1 Å². The van der Waals surface area contributed by atoms with Crippen LogP contribution in [0, 0.1) is 12.7 Å². The summed E-state index contributed by atoms with van der Waals surface area (Å²) < 4.78 is 16.0. The van der Waals surface area contributed by atoms with Crippen LogP contribution in [-0.4, -0.2) is 31.1 Å². The quantitative estimate of drug-likeness (QED) is 0.784. The predicted octanol–water partition coefficient (Wildman–Crippen LogP) is 3.08. The van der Waals surface area contributed by atoms with Crippen molar-refractivity contribution in [2.45, 2.75) is 26.8 Å². The van der Waals surface area contributed by atoms with Crippen molar-refractivity contribution in [1.29, 1.82) is 0 Å². The number of thiazole rings is 1. The molecule has 24 heavy (non-hydrogen) atoms. The molecule has 1 amide bonds. The standard InChI is InChI=1S/C15H15FN6OS/c1-8(2)22-14(19-20-21-22)11-5-4-10(6-12(11)16)18-15(23)13-9(3)17-7-24-13/h4-8H,1-3H3,(H,18,23). The Morgan fingerprint density at radius 2 is 2.17 bits per heavy atom. The third-order valence-corrected chi connectivity index (χ3v) is 4.33. The van der Waals surface area contributed by atoms with E-state index in [1.54, 1.807) is 24.6 Å². The normalized spacial score (nSPS) is 11.0. The van der Waals surface area contributed by atoms with Crippen molar-refractivity contribution in [2.24, 2.45) is 0 Å². The maximum absolute atomic E-state index is 14.5. The van der Waals surface area contributed by atoms with Crippen LogP contribution in [-0.2, 0) is 0 Å². The second kappa shape index (κ2) is 6.44. The number of benzene rings is 1. The number of hydrogen-bond donors (Lipinski definition) is 1. The van der Waals surface area contributed by atoms with Crippen molar-refractivity contribution in [1.82, 2.24) is 25.2 Å². The van der Waals surface area contributed by atoms with Crippen molar-refractivity contribution >= 4 is 22.9 Å². The molecule has 0 aliphatic heterocycles. The van der Waals surface area contributed by atoms with Gasteiger partial charge in [0.05, 0.1) is 22.8 Å². The first-order valence-electron chi connectivity index (χ1n) is 7.26. The van der Waals surface area contributed by atoms with Gasteiger partial charge >= 0.3 is 0 Å². The number of halogens is 1. The molecule has 0 saturated carbocycles. The second-order valence-electron chi connectivity index (χ2n) is 5.46. The van der Waals surface area contributed by atoms with Gasteiger partial charge in [0.1, 0.15) is 10.7 Å². The van der Waals surface area contributed by atoms with E-state index in [2.05, 4.69) is 25.8 Å². The molecular weight excluding hydrogens is 331 g/mol. The fourth-order valence-electron chi connectivity index (χ4n) is 2.20. The maximum Gasteiger partial charge on any atom is 0.267 e. The third kappa shape index (κ3) is 3.02. The molecule has 124 valence electrons. The topological polar surface area (TPSA) is 85.6 Å². The fraction of sp³-hybridized carbons (Fsp3) is 0.267. The predicted molar refractivity (Wildman–Crippen MR) is 88.4 cm³/mol. The van der Waals surface area contributed by atoms with Crippen LogP contribution in [0.15, 0.2) is 23.7 Å². The van der Waals surface area contributed by atoms with Gasteiger partial charge in [0.15, 0.2) is 5.82 Å². The summed E-state index contributed by atoms with van der Waals surface area (Å²) in [4.78, 5) is 16.7. The second-order valence-corrected chi connectivity index (χ2v) is 6.31. The number of amides is 1. The Bertz CT molecular complexity index is 888. The lowest BCUT2D eigenvalue weighted by molar-refractivity contribution is 0.103. The summed E-state index contributed by atoms with van der Waals surface area (Å²) >= 11 is 1.24. The fourth-order valence-corrected chi connectivity index (χ4v) is 2.90. The highest BCUT2D eigenvalue weighted by Gasteiger charge is 2.17. The Hall–Kier alpha value is -2.68. The van der Waals surface area contributed by atoms with Crippen LogP contribution in [0.25, 0.3) is 11.4 Å². The van der Waals surface area contributed by atoms with Crippen molar-refractivity contribution in [3.8, 4) is 11.4 Å². The summed E-state index contributed by atoms with van der Waals surface area (Å²) in [5.74, 6) is -0.474. The van der Waals surface area contributed by atoms with E-state index in [9.17, 15) is 9.18 Å². The van der Waals surface area contributed by atoms with E-state index in [1.165, 1.54) is 22.1 Å². The van der Waals surface area contributed by atoms with E-state index < -0.39 is 5.82 Å². The number of rotatable bonds is 4. The van der Waals surface area contributed by atoms with Crippen molar-refractivity contribution < 1.29 is 9.18 Å². The minimum absolute atomic E-state index is 0.00285. The molecule has 9 heteroatoms. The van der Waals surface area contributed by atoms with E-state index in [0.717, 1.165) is 0 Å². The lowest BCUT2D eigenvalue weighted by atomic mass is 10.1. The average Bonchev–Trinajstić information content (AvgIpc) is 3.16. The van der Waals surface area contributed by atoms with Crippen LogP contribution in [0.1, 0.15) is 35.3 Å². The molecule has 2 aromatic heterocycles. The number of nitrogens with one attached hydrogen (secondary N) is 1. The van der Waals surface area contributed by atoms with Crippen LogP contribution >= 0.6 is 11.3 Å². The smallest absolute Gasteiger partial charge is 0.267 e. The molecule has 3 rings (SSSR count). The lowest BCUT2D eigenvalue weighted by Crippen LogP contribution is -2.12. The summed E-state index contributed by atoms with van der Waals surface area (Å²) in [6, 6.07) is 4.42. The van der Waals surface area contributed by atoms with Crippen LogP contribution in [0.3, 0.4) is 0 Å². The highest BCUT2D eigenvalue weighted by Crippen LogP contribution is 2.25. The highest BCUT2D eigenvalue weighted by atomic mass is 32.1. The van der Waals surface area contributed by atoms with Crippen LogP contribution in [0.5, 0.6) is 0 Å². The Morgan fingerprint density at radius 1 is 1.38 bits per heavy atom. The Balaban J connectivity index is 1.86. The van der Waals surface area contributed by atoms with Crippen LogP contribution in [0.2, 0.25) is 0 Å². The number of tetrazole rings is 1. The van der Waals surface area contributed by atoms with Crippen molar-refractivity contribution in [2.75, 3.05) is 5.32 Å². The summed E-state index contributed by atoms with van der Waals surface area (Å²) in [6.45, 7) is 5.56. The number of aromatic nitrogens is 5. The zero-order valence-corrected chi connectivity index (χ0v) is 14.1. The molecule has 1 aromatic carbocycles. The molecule has 0 bridgehead atoms. The Labute approximate surface area is 141 Å². The zero-order valence-electron chi connectivity index (χ0n) is 13.3. The minimum atomic E-state index is -0.509. The monoisotopic (exact) mass is 346 g/mol. The first-order valence-corrected chi connectivity index (χ1v) is 8.14. The first kappa shape index (κ1) is 16.2. The van der Waals surface area contributed by atoms with Gasteiger partial charge in [-0.05, 0) is 49.4 Å². The van der Waals surface area contributed by atoms with Gasteiger partial charge in [0.2, 0.25) is 0 Å². The SMILES string of the molecule is Cc1ncsc1C(=O)Nc1ccc(-c2nnnn2C(C)C)c(F)c1. The first-order chi connectivity index (χ1) is 11.5. The summed E-state index contributed by atoms with van der Waals surface area (Å²) in [5, 5.41) is 14.0. The number of nitrogens with zero attached hydrogens (tertiary/aromatic N) is 5. The molecule has 2 heterocycles. The van der Waals surface area contributed by atoms with E-state index in [1.807, 2.05) is 13.8 Å². The molecule has 0 spiro atoms.